The lowest BCUT2D eigenvalue weighted by Gasteiger charge is -2.21. The number of ether oxygens (including phenoxy) is 2. The Kier molecular flexibility index (Phi) is 6.16. The molecule has 0 bridgehead atoms. The zero-order chi connectivity index (χ0) is 22.9. The molecule has 1 aliphatic heterocycles. The predicted molar refractivity (Wildman–Crippen MR) is 101 cm³/mol. The Hall–Kier alpha value is -3.21. The number of carbonyl (C=O) groups excluding carboxylic acids is 2. The molecule has 1 aromatic heterocycles. The molecule has 11 heteroatoms. The maximum atomic E-state index is 13.9. The fourth-order valence-corrected chi connectivity index (χ4v) is 3.53. The Bertz CT molecular complexity index is 1010. The molecule has 0 unspecified atom stereocenters. The fourth-order valence-electron chi connectivity index (χ4n) is 3.53. The minimum Gasteiger partial charge on any atom is -0.496 e. The Morgan fingerprint density at radius 3 is 2.61 bits per heavy atom. The van der Waals surface area contributed by atoms with Crippen LogP contribution in [-0.4, -0.2) is 42.3 Å². The minimum atomic E-state index is -4.70. The van der Waals surface area contributed by atoms with Crippen molar-refractivity contribution in [2.24, 2.45) is 5.73 Å². The number of pyridine rings is 1. The molecule has 0 aliphatic carbocycles. The van der Waals surface area contributed by atoms with E-state index in [1.165, 1.54) is 38.4 Å². The molecule has 1 saturated heterocycles. The standard InChI is InChI=1S/C20H19F4N3O4/c1-9-13(21)4-3-11(16(9)30-2)12-8-15(20(22,23)24)31-17(12)19(29)27-10-5-6-26-14(7-10)18(25)28/h3-7,12,15,17H,8H2,1-2H3,(H2,25,28)(H,26,27,29)/t12-,15+,17-/m1/s1. The first kappa shape index (κ1) is 22.5. The summed E-state index contributed by atoms with van der Waals surface area (Å²) in [6, 6.07) is 4.92. The summed E-state index contributed by atoms with van der Waals surface area (Å²) in [7, 11) is 1.26. The number of alkyl halides is 3. The van der Waals surface area contributed by atoms with Gasteiger partial charge in [-0.1, -0.05) is 6.07 Å². The number of benzene rings is 1. The second kappa shape index (κ2) is 8.50. The van der Waals surface area contributed by atoms with Crippen LogP contribution in [0.2, 0.25) is 0 Å². The number of aromatic nitrogens is 1. The van der Waals surface area contributed by atoms with Gasteiger partial charge in [-0.25, -0.2) is 4.39 Å². The molecule has 0 spiro atoms. The number of methoxy groups -OCH3 is 1. The van der Waals surface area contributed by atoms with E-state index < -0.39 is 48.4 Å². The van der Waals surface area contributed by atoms with Gasteiger partial charge in [-0.05, 0) is 31.5 Å². The van der Waals surface area contributed by atoms with Gasteiger partial charge in [0.15, 0.2) is 6.10 Å². The number of hydrogen-bond donors (Lipinski definition) is 2. The van der Waals surface area contributed by atoms with E-state index >= 15 is 0 Å². The topological polar surface area (TPSA) is 104 Å². The quantitative estimate of drug-likeness (QED) is 0.695. The first-order valence-electron chi connectivity index (χ1n) is 9.14. The summed E-state index contributed by atoms with van der Waals surface area (Å²) in [5.41, 5.74) is 5.45. The number of hydrogen-bond acceptors (Lipinski definition) is 5. The van der Waals surface area contributed by atoms with Crippen LogP contribution in [0.25, 0.3) is 0 Å². The molecule has 166 valence electrons. The second-order valence-electron chi connectivity index (χ2n) is 7.01. The molecule has 2 aromatic rings. The van der Waals surface area contributed by atoms with Gasteiger partial charge in [0, 0.05) is 28.9 Å². The summed E-state index contributed by atoms with van der Waals surface area (Å²) in [6.07, 6.45) is -7.78. The monoisotopic (exact) mass is 441 g/mol. The van der Waals surface area contributed by atoms with E-state index in [9.17, 15) is 27.2 Å². The van der Waals surface area contributed by atoms with Crippen molar-refractivity contribution in [2.75, 3.05) is 12.4 Å². The molecule has 7 nitrogen and oxygen atoms in total. The lowest BCUT2D eigenvalue weighted by atomic mass is 9.88. The maximum absolute atomic E-state index is 13.9. The number of primary amides is 1. The van der Waals surface area contributed by atoms with Gasteiger partial charge < -0.3 is 20.5 Å². The molecule has 0 saturated carbocycles. The average molecular weight is 441 g/mol. The highest BCUT2D eigenvalue weighted by atomic mass is 19.4. The molecular formula is C20H19F4N3O4. The molecule has 2 amide bonds. The van der Waals surface area contributed by atoms with E-state index in [2.05, 4.69) is 10.3 Å². The van der Waals surface area contributed by atoms with Crippen LogP contribution in [0.5, 0.6) is 5.75 Å². The molecular weight excluding hydrogens is 422 g/mol. The predicted octanol–water partition coefficient (Wildman–Crippen LogP) is 3.08. The average Bonchev–Trinajstić information content (AvgIpc) is 3.16. The van der Waals surface area contributed by atoms with Gasteiger partial charge >= 0.3 is 6.18 Å². The van der Waals surface area contributed by atoms with Crippen molar-refractivity contribution < 1.29 is 36.6 Å². The summed E-state index contributed by atoms with van der Waals surface area (Å²) < 4.78 is 64.3. The zero-order valence-corrected chi connectivity index (χ0v) is 16.5. The smallest absolute Gasteiger partial charge is 0.414 e. The molecule has 0 radical (unpaired) electrons. The van der Waals surface area contributed by atoms with Gasteiger partial charge in [-0.3, -0.25) is 14.6 Å². The van der Waals surface area contributed by atoms with Crippen molar-refractivity contribution in [3.05, 3.63) is 53.1 Å². The van der Waals surface area contributed by atoms with Crippen LogP contribution in [0.1, 0.15) is 34.0 Å². The zero-order valence-electron chi connectivity index (χ0n) is 16.5. The van der Waals surface area contributed by atoms with Crippen LogP contribution in [0.15, 0.2) is 30.5 Å². The third-order valence-electron chi connectivity index (χ3n) is 5.02. The lowest BCUT2D eigenvalue weighted by molar-refractivity contribution is -0.213. The molecule has 2 heterocycles. The number of rotatable bonds is 5. The Morgan fingerprint density at radius 2 is 2.00 bits per heavy atom. The van der Waals surface area contributed by atoms with Crippen LogP contribution in [0.4, 0.5) is 23.2 Å². The van der Waals surface area contributed by atoms with E-state index in [1.54, 1.807) is 0 Å². The highest BCUT2D eigenvalue weighted by Crippen LogP contribution is 2.45. The summed E-state index contributed by atoms with van der Waals surface area (Å²) in [5.74, 6) is -3.31. The molecule has 1 aliphatic rings. The minimum absolute atomic E-state index is 0.0501. The highest BCUT2D eigenvalue weighted by Gasteiger charge is 2.52. The normalized spacial score (nSPS) is 21.0. The molecule has 3 rings (SSSR count). The summed E-state index contributed by atoms with van der Waals surface area (Å²) in [6.45, 7) is 1.42. The first-order chi connectivity index (χ1) is 14.5. The molecule has 1 fully saturated rings. The van der Waals surface area contributed by atoms with Crippen molar-refractivity contribution >= 4 is 17.5 Å². The maximum Gasteiger partial charge on any atom is 0.414 e. The summed E-state index contributed by atoms with van der Waals surface area (Å²) in [5, 5.41) is 2.42. The summed E-state index contributed by atoms with van der Waals surface area (Å²) >= 11 is 0. The van der Waals surface area contributed by atoms with E-state index in [4.69, 9.17) is 15.2 Å². The number of carbonyl (C=O) groups is 2. The fraction of sp³-hybridized carbons (Fsp3) is 0.350. The number of nitrogens with one attached hydrogen (secondary N) is 1. The Labute approximate surface area is 174 Å². The van der Waals surface area contributed by atoms with E-state index in [-0.39, 0.29) is 28.3 Å². The molecule has 3 N–H and O–H groups in total. The number of anilines is 1. The number of halogens is 4. The van der Waals surface area contributed by atoms with Gasteiger partial charge in [-0.2, -0.15) is 13.2 Å². The van der Waals surface area contributed by atoms with Crippen molar-refractivity contribution in [1.82, 2.24) is 4.98 Å². The van der Waals surface area contributed by atoms with Gasteiger partial charge in [0.1, 0.15) is 23.4 Å². The van der Waals surface area contributed by atoms with Crippen LogP contribution < -0.4 is 15.8 Å². The van der Waals surface area contributed by atoms with Crippen LogP contribution in [0, 0.1) is 12.7 Å². The van der Waals surface area contributed by atoms with Crippen LogP contribution >= 0.6 is 0 Å². The molecule has 1 aromatic carbocycles. The van der Waals surface area contributed by atoms with E-state index in [0.29, 0.717) is 0 Å². The number of amides is 2. The van der Waals surface area contributed by atoms with Crippen LogP contribution in [0.3, 0.4) is 0 Å². The first-order valence-corrected chi connectivity index (χ1v) is 9.14. The van der Waals surface area contributed by atoms with E-state index in [1.807, 2.05) is 0 Å². The van der Waals surface area contributed by atoms with Crippen molar-refractivity contribution in [2.45, 2.75) is 37.6 Å². The Morgan fingerprint density at radius 1 is 1.29 bits per heavy atom. The van der Waals surface area contributed by atoms with Crippen molar-refractivity contribution in [1.29, 1.82) is 0 Å². The van der Waals surface area contributed by atoms with Gasteiger partial charge in [0.25, 0.3) is 11.8 Å². The molecule has 3 atom stereocenters. The van der Waals surface area contributed by atoms with Gasteiger partial charge in [0.05, 0.1) is 7.11 Å². The SMILES string of the molecule is COc1c([C@H]2C[C@@H](C(F)(F)F)O[C@H]2C(=O)Nc2ccnc(C(N)=O)c2)ccc(F)c1C. The largest absolute Gasteiger partial charge is 0.496 e. The van der Waals surface area contributed by atoms with Crippen LogP contribution in [-0.2, 0) is 9.53 Å². The molecule has 31 heavy (non-hydrogen) atoms. The Balaban J connectivity index is 1.96. The van der Waals surface area contributed by atoms with Crippen molar-refractivity contribution in [3.63, 3.8) is 0 Å². The number of nitrogens with zero attached hydrogens (tertiary/aromatic N) is 1. The third-order valence-corrected chi connectivity index (χ3v) is 5.02. The van der Waals surface area contributed by atoms with Gasteiger partial charge in [0.2, 0.25) is 0 Å². The van der Waals surface area contributed by atoms with Gasteiger partial charge in [-0.15, -0.1) is 0 Å². The van der Waals surface area contributed by atoms with Crippen molar-refractivity contribution in [3.8, 4) is 5.75 Å². The highest BCUT2D eigenvalue weighted by molar-refractivity contribution is 5.97. The second-order valence-corrected chi connectivity index (χ2v) is 7.01. The number of nitrogens with two attached hydrogens (primary N) is 1. The van der Waals surface area contributed by atoms with E-state index in [0.717, 1.165) is 6.07 Å². The lowest BCUT2D eigenvalue weighted by Crippen LogP contribution is -2.34. The third kappa shape index (κ3) is 4.61. The summed E-state index contributed by atoms with van der Waals surface area (Å²) in [4.78, 5) is 27.9.